The van der Waals surface area contributed by atoms with Crippen molar-refractivity contribution >= 4 is 39.6 Å². The number of halogens is 3. The molecule has 292 valence electrons. The maximum Gasteiger partial charge on any atom is 0.389 e. The van der Waals surface area contributed by atoms with E-state index in [0.29, 0.717) is 19.4 Å². The molecule has 0 radical (unpaired) electrons. The topological polar surface area (TPSA) is 174 Å². The number of rotatable bonds is 13. The van der Waals surface area contributed by atoms with Crippen molar-refractivity contribution in [2.24, 2.45) is 22.2 Å². The predicted molar refractivity (Wildman–Crippen MR) is 187 cm³/mol. The number of Topliss-reactive ketones (excluding diaryl/α,β-unsaturated/α-hetero) is 1. The summed E-state index contributed by atoms with van der Waals surface area (Å²) in [5.41, 5.74) is -2.06. The fourth-order valence-corrected chi connectivity index (χ4v) is 7.83. The van der Waals surface area contributed by atoms with Crippen LogP contribution in [-0.2, 0) is 29.2 Å². The molecule has 0 aromatic heterocycles. The van der Waals surface area contributed by atoms with Crippen molar-refractivity contribution in [3.63, 3.8) is 0 Å². The van der Waals surface area contributed by atoms with Gasteiger partial charge in [0.25, 0.3) is 5.91 Å². The quantitative estimate of drug-likeness (QED) is 0.165. The van der Waals surface area contributed by atoms with E-state index < -0.39 is 105 Å². The molecule has 0 aliphatic carbocycles. The highest BCUT2D eigenvalue weighted by Gasteiger charge is 2.50. The first-order valence-electron chi connectivity index (χ1n) is 17.3. The van der Waals surface area contributed by atoms with Gasteiger partial charge < -0.3 is 26.2 Å². The first-order valence-corrected chi connectivity index (χ1v) is 18.9. The highest BCUT2D eigenvalue weighted by atomic mass is 32.2. The standard InChI is InChI=1S/C34H57F3N6O7S/c1-11-16-38-28(46)25(44)22(13-15-34(35,36)37)39-27(45)24-21(31(2,3)4)14-18-43(24)29(47)26(33(8,9)10)41-30(48)40-23(32(5,6)7)20-42-17-12-19-51(42,49)50/h11,21-24,26H,1,12-20H2,2-10H3,(H,38,46)(H,39,45)(H2,40,41,48)/t21-,22?,23+,24-,26+/m0/s1. The number of nitrogens with one attached hydrogen (secondary N) is 4. The molecule has 17 heteroatoms. The molecule has 0 aromatic rings. The van der Waals surface area contributed by atoms with Crippen molar-refractivity contribution in [3.8, 4) is 0 Å². The van der Waals surface area contributed by atoms with Gasteiger partial charge in [-0.1, -0.05) is 68.4 Å². The van der Waals surface area contributed by atoms with Crippen LogP contribution in [0.25, 0.3) is 0 Å². The monoisotopic (exact) mass is 750 g/mol. The minimum atomic E-state index is -4.68. The summed E-state index contributed by atoms with van der Waals surface area (Å²) in [4.78, 5) is 68.7. The van der Waals surface area contributed by atoms with Gasteiger partial charge in [-0.25, -0.2) is 13.2 Å². The first-order chi connectivity index (χ1) is 23.1. The maximum atomic E-state index is 14.4. The maximum absolute atomic E-state index is 14.4. The van der Waals surface area contributed by atoms with Gasteiger partial charge in [-0.15, -0.1) is 6.58 Å². The lowest BCUT2D eigenvalue weighted by Crippen LogP contribution is -2.62. The van der Waals surface area contributed by atoms with Crippen LogP contribution in [0.1, 0.15) is 88.0 Å². The minimum Gasteiger partial charge on any atom is -0.346 e. The van der Waals surface area contributed by atoms with Gasteiger partial charge in [0.15, 0.2) is 0 Å². The van der Waals surface area contributed by atoms with Crippen LogP contribution in [0.4, 0.5) is 18.0 Å². The second kappa shape index (κ2) is 16.6. The Bertz CT molecular complexity index is 1420. The van der Waals surface area contributed by atoms with Crippen molar-refractivity contribution in [2.45, 2.75) is 118 Å². The lowest BCUT2D eigenvalue weighted by Gasteiger charge is -2.39. The van der Waals surface area contributed by atoms with E-state index in [0.717, 1.165) is 0 Å². The number of nitrogens with zero attached hydrogens (tertiary/aromatic N) is 2. The third kappa shape index (κ3) is 12.5. The number of hydrogen-bond acceptors (Lipinski definition) is 7. The molecule has 5 amide bonds. The van der Waals surface area contributed by atoms with Crippen LogP contribution in [0.15, 0.2) is 12.7 Å². The van der Waals surface area contributed by atoms with Gasteiger partial charge in [0.2, 0.25) is 27.6 Å². The van der Waals surface area contributed by atoms with Crippen LogP contribution in [-0.4, -0.2) is 109 Å². The highest BCUT2D eigenvalue weighted by Crippen LogP contribution is 2.40. The third-order valence-electron chi connectivity index (χ3n) is 9.37. The van der Waals surface area contributed by atoms with E-state index in [2.05, 4.69) is 27.8 Å². The zero-order chi connectivity index (χ0) is 39.3. The molecule has 0 bridgehead atoms. The van der Waals surface area contributed by atoms with Gasteiger partial charge in [-0.3, -0.25) is 19.2 Å². The van der Waals surface area contributed by atoms with Crippen LogP contribution in [0.3, 0.4) is 0 Å². The van der Waals surface area contributed by atoms with E-state index in [9.17, 15) is 45.6 Å². The van der Waals surface area contributed by atoms with Gasteiger partial charge in [0.1, 0.15) is 12.1 Å². The molecule has 2 rings (SSSR count). The number of sulfonamides is 1. The molecular weight excluding hydrogens is 693 g/mol. The first kappa shape index (κ1) is 44.0. The SMILES string of the molecule is C=CCNC(=O)C(=O)C(CCC(F)(F)F)NC(=O)[C@@H]1[C@@H](C(C)(C)C)CCN1C(=O)[C@@H](NC(=O)N[C@H](CN1CCCS1(=O)=O)C(C)(C)C)C(C)(C)C. The zero-order valence-corrected chi connectivity index (χ0v) is 32.1. The number of amides is 5. The molecule has 2 saturated heterocycles. The van der Waals surface area contributed by atoms with E-state index in [-0.39, 0.29) is 25.4 Å². The van der Waals surface area contributed by atoms with Crippen molar-refractivity contribution in [2.75, 3.05) is 31.9 Å². The van der Waals surface area contributed by atoms with Gasteiger partial charge in [0, 0.05) is 38.6 Å². The summed E-state index contributed by atoms with van der Waals surface area (Å²) in [6, 6.07) is -5.62. The molecule has 0 spiro atoms. The molecule has 5 atom stereocenters. The number of ketones is 1. The summed E-state index contributed by atoms with van der Waals surface area (Å²) in [5, 5.41) is 10.2. The second-order valence-electron chi connectivity index (χ2n) is 16.7. The van der Waals surface area contributed by atoms with E-state index in [4.69, 9.17) is 0 Å². The molecule has 0 saturated carbocycles. The second-order valence-corrected chi connectivity index (χ2v) is 18.8. The van der Waals surface area contributed by atoms with Crippen LogP contribution < -0.4 is 21.3 Å². The number of alkyl halides is 3. The molecule has 0 aromatic carbocycles. The fraction of sp³-hybridized carbons (Fsp3) is 0.794. The van der Waals surface area contributed by atoms with Crippen molar-refractivity contribution in [3.05, 3.63) is 12.7 Å². The number of carbonyl (C=O) groups is 5. The van der Waals surface area contributed by atoms with Gasteiger partial charge >= 0.3 is 12.2 Å². The van der Waals surface area contributed by atoms with Crippen LogP contribution in [0, 0.1) is 22.2 Å². The number of urea groups is 1. The summed E-state index contributed by atoms with van der Waals surface area (Å²) in [6.45, 7) is 20.0. The van der Waals surface area contributed by atoms with Crippen LogP contribution >= 0.6 is 0 Å². The Morgan fingerprint density at radius 1 is 0.902 bits per heavy atom. The third-order valence-corrected chi connectivity index (χ3v) is 11.3. The molecule has 4 N–H and O–H groups in total. The number of carbonyl (C=O) groups excluding carboxylic acids is 5. The minimum absolute atomic E-state index is 0.0243. The Labute approximate surface area is 300 Å². The molecule has 1 unspecified atom stereocenters. The molecule has 2 aliphatic rings. The predicted octanol–water partition coefficient (Wildman–Crippen LogP) is 3.11. The smallest absolute Gasteiger partial charge is 0.346 e. The highest BCUT2D eigenvalue weighted by molar-refractivity contribution is 7.89. The summed E-state index contributed by atoms with van der Waals surface area (Å²) in [6.07, 6.45) is -4.91. The van der Waals surface area contributed by atoms with E-state index in [1.54, 1.807) is 20.8 Å². The Balaban J connectivity index is 2.42. The Morgan fingerprint density at radius 3 is 1.98 bits per heavy atom. The van der Waals surface area contributed by atoms with Gasteiger partial charge in [-0.05, 0) is 41.4 Å². The molecule has 2 heterocycles. The molecular formula is C34H57F3N6O7S. The van der Waals surface area contributed by atoms with Gasteiger partial charge in [0.05, 0.1) is 11.8 Å². The Morgan fingerprint density at radius 2 is 1.51 bits per heavy atom. The van der Waals surface area contributed by atoms with Crippen LogP contribution in [0.2, 0.25) is 0 Å². The molecule has 13 nitrogen and oxygen atoms in total. The van der Waals surface area contributed by atoms with Gasteiger partial charge in [-0.2, -0.15) is 17.5 Å². The van der Waals surface area contributed by atoms with Crippen LogP contribution in [0.5, 0.6) is 0 Å². The number of hydrogen-bond donors (Lipinski definition) is 4. The van der Waals surface area contributed by atoms with E-state index >= 15 is 0 Å². The normalized spacial score (nSPS) is 21.7. The zero-order valence-electron chi connectivity index (χ0n) is 31.3. The Kier molecular flexibility index (Phi) is 14.3. The summed E-state index contributed by atoms with van der Waals surface area (Å²) in [7, 11) is -3.46. The fourth-order valence-electron chi connectivity index (χ4n) is 6.30. The molecule has 2 aliphatic heterocycles. The summed E-state index contributed by atoms with van der Waals surface area (Å²) in [5.74, 6) is -4.45. The lowest BCUT2D eigenvalue weighted by molar-refractivity contribution is -0.148. The Hall–Kier alpha value is -3.21. The summed E-state index contributed by atoms with van der Waals surface area (Å²) < 4.78 is 66.1. The molecule has 51 heavy (non-hydrogen) atoms. The van der Waals surface area contributed by atoms with Crippen molar-refractivity contribution < 1.29 is 45.6 Å². The molecule has 2 fully saturated rings. The average Bonchev–Trinajstić information content (AvgIpc) is 3.57. The average molecular weight is 751 g/mol. The van der Waals surface area contributed by atoms with E-state index in [1.807, 2.05) is 41.5 Å². The van der Waals surface area contributed by atoms with Crippen molar-refractivity contribution in [1.82, 2.24) is 30.5 Å². The number of likely N-dealkylation sites (tertiary alicyclic amines) is 1. The lowest BCUT2D eigenvalue weighted by atomic mass is 9.75. The van der Waals surface area contributed by atoms with E-state index in [1.165, 1.54) is 15.3 Å². The van der Waals surface area contributed by atoms with Crippen molar-refractivity contribution in [1.29, 1.82) is 0 Å². The summed E-state index contributed by atoms with van der Waals surface area (Å²) >= 11 is 0. The largest absolute Gasteiger partial charge is 0.389 e.